The zero-order chi connectivity index (χ0) is 18.1. The van der Waals surface area contributed by atoms with Crippen LogP contribution in [0.2, 0.25) is 0 Å². The van der Waals surface area contributed by atoms with Crippen molar-refractivity contribution in [3.05, 3.63) is 18.0 Å². The number of hydrogen-bond acceptors (Lipinski definition) is 5. The number of aliphatic hydroxyl groups is 1. The van der Waals surface area contributed by atoms with E-state index in [0.717, 1.165) is 45.2 Å². The van der Waals surface area contributed by atoms with Crippen LogP contribution in [0, 0.1) is 5.41 Å². The molecular formula is C19H31ClN4O3. The Labute approximate surface area is 166 Å². The molecule has 8 heteroatoms. The SMILES string of the molecule is CCOC1CC(O)C12CCN(C(=O)c1ccn(C3CCCNC3)n1)CC2.Cl. The summed E-state index contributed by atoms with van der Waals surface area (Å²) in [6, 6.07) is 2.18. The number of piperidine rings is 2. The summed E-state index contributed by atoms with van der Waals surface area (Å²) in [5, 5.41) is 18.2. The van der Waals surface area contributed by atoms with Crippen molar-refractivity contribution < 1.29 is 14.6 Å². The molecule has 1 aromatic rings. The standard InChI is InChI=1S/C19H30N4O3.ClH/c1-2-26-17-12-16(24)19(17)6-10-22(11-7-19)18(25)15-5-9-23(21-15)14-4-3-8-20-13-14;/h5,9,14,16-17,20,24H,2-4,6-8,10-13H2,1H3;1H. The van der Waals surface area contributed by atoms with Crippen molar-refractivity contribution in [1.29, 1.82) is 0 Å². The van der Waals surface area contributed by atoms with E-state index in [2.05, 4.69) is 10.4 Å². The molecule has 152 valence electrons. The largest absolute Gasteiger partial charge is 0.392 e. The second kappa shape index (κ2) is 8.47. The molecule has 27 heavy (non-hydrogen) atoms. The molecule has 0 bridgehead atoms. The van der Waals surface area contributed by atoms with Crippen molar-refractivity contribution in [1.82, 2.24) is 20.0 Å². The van der Waals surface area contributed by atoms with Gasteiger partial charge in [-0.25, -0.2) is 0 Å². The van der Waals surface area contributed by atoms with Crippen molar-refractivity contribution in [2.24, 2.45) is 5.41 Å². The van der Waals surface area contributed by atoms with Crippen molar-refractivity contribution in [2.75, 3.05) is 32.8 Å². The lowest BCUT2D eigenvalue weighted by Gasteiger charge is -2.56. The molecule has 1 aromatic heterocycles. The average Bonchev–Trinajstić information content (AvgIpc) is 3.18. The van der Waals surface area contributed by atoms with Crippen molar-refractivity contribution >= 4 is 18.3 Å². The first-order valence-electron chi connectivity index (χ1n) is 9.99. The van der Waals surface area contributed by atoms with Crippen LogP contribution in [-0.4, -0.2) is 70.7 Å². The lowest BCUT2D eigenvalue weighted by atomic mass is 9.58. The molecule has 1 amide bonds. The number of halogens is 1. The average molecular weight is 399 g/mol. The van der Waals surface area contributed by atoms with E-state index in [1.54, 1.807) is 0 Å². The van der Waals surface area contributed by atoms with E-state index in [1.165, 1.54) is 0 Å². The Kier molecular flexibility index (Phi) is 6.46. The fraction of sp³-hybridized carbons (Fsp3) is 0.789. The number of likely N-dealkylation sites (tertiary alicyclic amines) is 1. The second-order valence-corrected chi connectivity index (χ2v) is 7.90. The van der Waals surface area contributed by atoms with Crippen LogP contribution in [0.3, 0.4) is 0 Å². The topological polar surface area (TPSA) is 79.6 Å². The number of rotatable bonds is 4. The molecule has 1 saturated carbocycles. The summed E-state index contributed by atoms with van der Waals surface area (Å²) in [6.45, 7) is 5.98. The van der Waals surface area contributed by atoms with E-state index >= 15 is 0 Å². The number of aromatic nitrogens is 2. The number of hydrogen-bond donors (Lipinski definition) is 2. The molecular weight excluding hydrogens is 368 g/mol. The first-order chi connectivity index (χ1) is 12.6. The smallest absolute Gasteiger partial charge is 0.274 e. The van der Waals surface area contributed by atoms with Crippen LogP contribution in [-0.2, 0) is 4.74 Å². The molecule has 3 unspecified atom stereocenters. The van der Waals surface area contributed by atoms with Gasteiger partial charge in [-0.15, -0.1) is 12.4 Å². The fourth-order valence-corrected chi connectivity index (χ4v) is 4.82. The third-order valence-corrected chi connectivity index (χ3v) is 6.56. The van der Waals surface area contributed by atoms with Crippen LogP contribution in [0.25, 0.3) is 0 Å². The molecule has 7 nitrogen and oxygen atoms in total. The quantitative estimate of drug-likeness (QED) is 0.805. The van der Waals surface area contributed by atoms with Gasteiger partial charge >= 0.3 is 0 Å². The van der Waals surface area contributed by atoms with E-state index in [-0.39, 0.29) is 35.9 Å². The van der Waals surface area contributed by atoms with Crippen LogP contribution >= 0.6 is 12.4 Å². The zero-order valence-electron chi connectivity index (χ0n) is 16.0. The maximum atomic E-state index is 12.8. The third-order valence-electron chi connectivity index (χ3n) is 6.56. The summed E-state index contributed by atoms with van der Waals surface area (Å²) >= 11 is 0. The maximum absolute atomic E-state index is 12.8. The summed E-state index contributed by atoms with van der Waals surface area (Å²) in [5.74, 6) is 0.00383. The van der Waals surface area contributed by atoms with Gasteiger partial charge in [-0.1, -0.05) is 0 Å². The van der Waals surface area contributed by atoms with Crippen LogP contribution < -0.4 is 5.32 Å². The molecule has 1 spiro atoms. The number of carbonyl (C=O) groups excluding carboxylic acids is 1. The van der Waals surface area contributed by atoms with Gasteiger partial charge in [0.2, 0.25) is 0 Å². The number of carbonyl (C=O) groups is 1. The first kappa shape index (κ1) is 20.6. The van der Waals surface area contributed by atoms with Crippen LogP contribution in [0.4, 0.5) is 0 Å². The fourth-order valence-electron chi connectivity index (χ4n) is 4.82. The predicted octanol–water partition coefficient (Wildman–Crippen LogP) is 1.62. The van der Waals surface area contributed by atoms with Gasteiger partial charge in [0.1, 0.15) is 5.69 Å². The Morgan fingerprint density at radius 1 is 1.44 bits per heavy atom. The molecule has 2 aliphatic heterocycles. The Hall–Kier alpha value is -1.15. The molecule has 4 rings (SSSR count). The first-order valence-corrected chi connectivity index (χ1v) is 9.99. The van der Waals surface area contributed by atoms with Gasteiger partial charge in [-0.05, 0) is 45.2 Å². The Morgan fingerprint density at radius 3 is 2.85 bits per heavy atom. The number of ether oxygens (including phenoxy) is 1. The summed E-state index contributed by atoms with van der Waals surface area (Å²) < 4.78 is 7.74. The minimum atomic E-state index is -0.297. The Balaban J connectivity index is 0.00000210. The van der Waals surface area contributed by atoms with Gasteiger partial charge in [0.25, 0.3) is 5.91 Å². The van der Waals surface area contributed by atoms with E-state index in [4.69, 9.17) is 4.74 Å². The highest BCUT2D eigenvalue weighted by molar-refractivity contribution is 5.92. The third kappa shape index (κ3) is 3.75. The van der Waals surface area contributed by atoms with E-state index < -0.39 is 0 Å². The lowest BCUT2D eigenvalue weighted by Crippen LogP contribution is -2.62. The lowest BCUT2D eigenvalue weighted by molar-refractivity contribution is -0.207. The van der Waals surface area contributed by atoms with Gasteiger partial charge in [-0.2, -0.15) is 5.10 Å². The van der Waals surface area contributed by atoms with Gasteiger partial charge in [0.05, 0.1) is 18.2 Å². The Bertz CT molecular complexity index is 637. The highest BCUT2D eigenvalue weighted by Gasteiger charge is 2.56. The summed E-state index contributed by atoms with van der Waals surface area (Å²) in [5.41, 5.74) is 0.377. The van der Waals surface area contributed by atoms with Crippen LogP contribution in [0.5, 0.6) is 0 Å². The van der Waals surface area contributed by atoms with Crippen LogP contribution in [0.15, 0.2) is 12.3 Å². The summed E-state index contributed by atoms with van der Waals surface area (Å²) in [6.07, 6.45) is 6.34. The minimum Gasteiger partial charge on any atom is -0.392 e. The van der Waals surface area contributed by atoms with Gasteiger partial charge in [0.15, 0.2) is 0 Å². The van der Waals surface area contributed by atoms with Gasteiger partial charge < -0.3 is 20.1 Å². The molecule has 2 N–H and O–H groups in total. The van der Waals surface area contributed by atoms with Gasteiger partial charge in [0, 0.05) is 44.3 Å². The normalized spacial score (nSPS) is 29.9. The molecule has 3 atom stereocenters. The molecule has 2 saturated heterocycles. The predicted molar refractivity (Wildman–Crippen MR) is 104 cm³/mol. The van der Waals surface area contributed by atoms with Crippen molar-refractivity contribution in [3.63, 3.8) is 0 Å². The monoisotopic (exact) mass is 398 g/mol. The number of aliphatic hydroxyl groups excluding tert-OH is 1. The highest BCUT2D eigenvalue weighted by atomic mass is 35.5. The second-order valence-electron chi connectivity index (χ2n) is 7.90. The van der Waals surface area contributed by atoms with E-state index in [9.17, 15) is 9.90 Å². The molecule has 3 heterocycles. The molecule has 0 aromatic carbocycles. The molecule has 0 radical (unpaired) electrons. The van der Waals surface area contributed by atoms with Crippen molar-refractivity contribution in [2.45, 2.75) is 57.3 Å². The van der Waals surface area contributed by atoms with Crippen molar-refractivity contribution in [3.8, 4) is 0 Å². The molecule has 3 aliphatic rings. The molecule has 1 aliphatic carbocycles. The van der Waals surface area contributed by atoms with E-state index in [0.29, 0.717) is 31.4 Å². The Morgan fingerprint density at radius 2 is 2.22 bits per heavy atom. The number of amides is 1. The van der Waals surface area contributed by atoms with E-state index in [1.807, 2.05) is 28.8 Å². The summed E-state index contributed by atoms with van der Waals surface area (Å²) in [4.78, 5) is 14.7. The maximum Gasteiger partial charge on any atom is 0.274 e. The summed E-state index contributed by atoms with van der Waals surface area (Å²) in [7, 11) is 0. The van der Waals surface area contributed by atoms with Gasteiger partial charge in [-0.3, -0.25) is 9.48 Å². The number of nitrogens with one attached hydrogen (secondary N) is 1. The number of nitrogens with zero attached hydrogens (tertiary/aromatic N) is 3. The van der Waals surface area contributed by atoms with Crippen LogP contribution in [0.1, 0.15) is 55.6 Å². The highest BCUT2D eigenvalue weighted by Crippen LogP contribution is 2.51. The zero-order valence-corrected chi connectivity index (χ0v) is 16.8. The minimum absolute atomic E-state index is 0. The molecule has 3 fully saturated rings.